The van der Waals surface area contributed by atoms with Crippen LogP contribution in [0.1, 0.15) is 55.0 Å². The molecule has 1 spiro atoms. The summed E-state index contributed by atoms with van der Waals surface area (Å²) in [4.78, 5) is 10.2. The number of hydrogen-bond donors (Lipinski definition) is 0. The van der Waals surface area contributed by atoms with E-state index in [1.165, 1.54) is 64.0 Å². The van der Waals surface area contributed by atoms with Gasteiger partial charge in [0.1, 0.15) is 0 Å². The van der Waals surface area contributed by atoms with E-state index < -0.39 is 0 Å². The number of hydrogen-bond acceptors (Lipinski definition) is 3. The monoisotopic (exact) mass is 375 g/mol. The fourth-order valence-corrected chi connectivity index (χ4v) is 5.56. The van der Waals surface area contributed by atoms with E-state index in [1.807, 2.05) is 0 Å². The molecular weight excluding hydrogens is 342 g/mol. The molecule has 3 heterocycles. The molecule has 0 amide bonds. The van der Waals surface area contributed by atoms with Gasteiger partial charge in [-0.2, -0.15) is 0 Å². The fourth-order valence-electron chi connectivity index (χ4n) is 5.56. The van der Waals surface area contributed by atoms with Gasteiger partial charge in [0.15, 0.2) is 0 Å². The van der Waals surface area contributed by atoms with Gasteiger partial charge in [0.2, 0.25) is 0 Å². The van der Waals surface area contributed by atoms with Gasteiger partial charge in [-0.15, -0.1) is 0 Å². The van der Waals surface area contributed by atoms with E-state index in [2.05, 4.69) is 65.3 Å². The van der Waals surface area contributed by atoms with Crippen LogP contribution < -0.4 is 0 Å². The van der Waals surface area contributed by atoms with Crippen LogP contribution in [0.25, 0.3) is 0 Å². The molecule has 28 heavy (non-hydrogen) atoms. The molecular formula is C25H33N3. The fraction of sp³-hybridized carbons (Fsp3) is 0.560. The number of benzene rings is 1. The van der Waals surface area contributed by atoms with E-state index in [0.29, 0.717) is 11.3 Å². The van der Waals surface area contributed by atoms with Gasteiger partial charge >= 0.3 is 0 Å². The van der Waals surface area contributed by atoms with Crippen molar-refractivity contribution in [2.45, 2.75) is 57.5 Å². The maximum Gasteiger partial charge on any atom is 0.0547 e. The molecule has 1 aromatic carbocycles. The lowest BCUT2D eigenvalue weighted by Crippen LogP contribution is -2.52. The van der Waals surface area contributed by atoms with Crippen molar-refractivity contribution in [2.75, 3.05) is 26.2 Å². The Morgan fingerprint density at radius 3 is 2.50 bits per heavy atom. The molecule has 2 saturated heterocycles. The highest BCUT2D eigenvalue weighted by molar-refractivity contribution is 5.22. The van der Waals surface area contributed by atoms with Crippen LogP contribution in [0.2, 0.25) is 0 Å². The summed E-state index contributed by atoms with van der Waals surface area (Å²) < 4.78 is 0. The largest absolute Gasteiger partial charge is 0.299 e. The zero-order valence-electron chi connectivity index (χ0n) is 17.2. The molecule has 0 bridgehead atoms. The Kier molecular flexibility index (Phi) is 4.98. The first-order valence-corrected chi connectivity index (χ1v) is 11.1. The summed E-state index contributed by atoms with van der Waals surface area (Å²) in [5.41, 5.74) is 4.42. The molecule has 1 aromatic heterocycles. The topological polar surface area (TPSA) is 19.4 Å². The average Bonchev–Trinajstić information content (AvgIpc) is 3.56. The van der Waals surface area contributed by atoms with Crippen LogP contribution >= 0.6 is 0 Å². The summed E-state index contributed by atoms with van der Waals surface area (Å²) in [6.45, 7) is 8.13. The summed E-state index contributed by atoms with van der Waals surface area (Å²) in [6, 6.07) is 18.6. The van der Waals surface area contributed by atoms with Crippen LogP contribution in [-0.4, -0.2) is 47.0 Å². The van der Waals surface area contributed by atoms with Crippen LogP contribution in [0.15, 0.2) is 48.5 Å². The van der Waals surface area contributed by atoms with Crippen molar-refractivity contribution < 1.29 is 0 Å². The van der Waals surface area contributed by atoms with E-state index in [9.17, 15) is 0 Å². The number of rotatable bonds is 4. The summed E-state index contributed by atoms with van der Waals surface area (Å²) in [5, 5.41) is 0. The van der Waals surface area contributed by atoms with Crippen molar-refractivity contribution in [2.24, 2.45) is 5.41 Å². The number of aryl methyl sites for hydroxylation is 1. The van der Waals surface area contributed by atoms with Gasteiger partial charge in [-0.25, -0.2) is 0 Å². The van der Waals surface area contributed by atoms with E-state index in [1.54, 1.807) is 5.56 Å². The summed E-state index contributed by atoms with van der Waals surface area (Å²) in [6.07, 6.45) is 6.89. The molecule has 3 heteroatoms. The van der Waals surface area contributed by atoms with Crippen LogP contribution in [0.3, 0.4) is 0 Å². The molecule has 3 fully saturated rings. The number of nitrogens with zero attached hydrogens (tertiary/aromatic N) is 3. The van der Waals surface area contributed by atoms with Gasteiger partial charge in [0, 0.05) is 31.4 Å². The molecule has 2 aliphatic heterocycles. The Hall–Kier alpha value is -1.71. The molecule has 2 aromatic rings. The first kappa shape index (κ1) is 18.3. The number of aromatic nitrogens is 1. The molecule has 5 rings (SSSR count). The van der Waals surface area contributed by atoms with Gasteiger partial charge in [0.25, 0.3) is 0 Å². The highest BCUT2D eigenvalue weighted by Gasteiger charge is 2.45. The van der Waals surface area contributed by atoms with E-state index in [-0.39, 0.29) is 0 Å². The van der Waals surface area contributed by atoms with Gasteiger partial charge in [0.05, 0.1) is 5.69 Å². The van der Waals surface area contributed by atoms with Crippen molar-refractivity contribution in [3.8, 4) is 0 Å². The molecule has 148 valence electrons. The molecule has 0 N–H and O–H groups in total. The van der Waals surface area contributed by atoms with Gasteiger partial charge in [-0.3, -0.25) is 14.8 Å². The van der Waals surface area contributed by atoms with Crippen LogP contribution in [-0.2, 0) is 6.54 Å². The molecule has 1 aliphatic carbocycles. The Morgan fingerprint density at radius 1 is 1.00 bits per heavy atom. The first-order valence-electron chi connectivity index (χ1n) is 11.1. The Morgan fingerprint density at radius 2 is 1.79 bits per heavy atom. The maximum absolute atomic E-state index is 4.72. The normalized spacial score (nSPS) is 25.8. The summed E-state index contributed by atoms with van der Waals surface area (Å²) in [7, 11) is 0. The third kappa shape index (κ3) is 4.01. The van der Waals surface area contributed by atoms with Crippen LogP contribution in [0.5, 0.6) is 0 Å². The Balaban J connectivity index is 1.28. The lowest BCUT2D eigenvalue weighted by atomic mass is 9.68. The maximum atomic E-state index is 4.72. The van der Waals surface area contributed by atoms with Crippen molar-refractivity contribution in [3.05, 3.63) is 65.5 Å². The SMILES string of the molecule is Cc1cccc(CN2CCC3(CC2)C[C@H](c2ccccc2)CN(C2CC2)C3)n1. The van der Waals surface area contributed by atoms with Gasteiger partial charge < -0.3 is 0 Å². The molecule has 3 aliphatic rings. The predicted molar refractivity (Wildman–Crippen MR) is 114 cm³/mol. The minimum absolute atomic E-state index is 0.512. The molecule has 1 atom stereocenters. The van der Waals surface area contributed by atoms with Crippen LogP contribution in [0, 0.1) is 12.3 Å². The highest BCUT2D eigenvalue weighted by atomic mass is 15.2. The number of likely N-dealkylation sites (tertiary alicyclic amines) is 2. The van der Waals surface area contributed by atoms with Crippen molar-refractivity contribution in [3.63, 3.8) is 0 Å². The van der Waals surface area contributed by atoms with E-state index >= 15 is 0 Å². The number of piperidine rings is 2. The molecule has 3 nitrogen and oxygen atoms in total. The Labute approximate surface area is 169 Å². The second kappa shape index (κ2) is 7.61. The van der Waals surface area contributed by atoms with Crippen LogP contribution in [0.4, 0.5) is 0 Å². The second-order valence-electron chi connectivity index (χ2n) is 9.52. The van der Waals surface area contributed by atoms with E-state index in [4.69, 9.17) is 4.98 Å². The van der Waals surface area contributed by atoms with E-state index in [0.717, 1.165) is 18.3 Å². The molecule has 0 unspecified atom stereocenters. The summed E-state index contributed by atoms with van der Waals surface area (Å²) in [5.74, 6) is 0.709. The first-order chi connectivity index (χ1) is 13.7. The lowest BCUT2D eigenvalue weighted by Gasteiger charge is -2.50. The van der Waals surface area contributed by atoms with Crippen molar-refractivity contribution in [1.29, 1.82) is 0 Å². The van der Waals surface area contributed by atoms with Crippen molar-refractivity contribution >= 4 is 0 Å². The van der Waals surface area contributed by atoms with Gasteiger partial charge in [-0.1, -0.05) is 36.4 Å². The Bertz CT molecular complexity index is 790. The molecule has 1 saturated carbocycles. The lowest BCUT2D eigenvalue weighted by molar-refractivity contribution is 0.00802. The zero-order valence-corrected chi connectivity index (χ0v) is 17.2. The minimum Gasteiger partial charge on any atom is -0.299 e. The third-order valence-corrected chi connectivity index (χ3v) is 7.26. The standard InChI is InChI=1S/C25H33N3/c1-20-6-5-9-23(26-20)18-27-14-12-25(13-15-27)16-22(21-7-3-2-4-8-21)17-28(19-25)24-10-11-24/h2-9,22,24H,10-19H2,1H3/t22-/m0/s1. The average molecular weight is 376 g/mol. The number of pyridine rings is 1. The third-order valence-electron chi connectivity index (χ3n) is 7.26. The van der Waals surface area contributed by atoms with Gasteiger partial charge in [-0.05, 0) is 81.1 Å². The van der Waals surface area contributed by atoms with Crippen molar-refractivity contribution in [1.82, 2.24) is 14.8 Å². The summed E-state index contributed by atoms with van der Waals surface area (Å²) >= 11 is 0. The minimum atomic E-state index is 0.512. The predicted octanol–water partition coefficient (Wildman–Crippen LogP) is 4.62. The highest BCUT2D eigenvalue weighted by Crippen LogP contribution is 2.47. The zero-order chi connectivity index (χ0) is 19.0. The molecule has 0 radical (unpaired) electrons. The smallest absolute Gasteiger partial charge is 0.0547 e. The second-order valence-corrected chi connectivity index (χ2v) is 9.52. The quantitative estimate of drug-likeness (QED) is 0.777.